The number of aryl methyl sites for hydroxylation is 1. The molecule has 1 aromatic heterocycles. The number of hydrogen-bond acceptors (Lipinski definition) is 4. The Hall–Kier alpha value is -2.83. The van der Waals surface area contributed by atoms with Crippen molar-refractivity contribution < 1.29 is 19.4 Å². The number of nitrogens with zero attached hydrogens (tertiary/aromatic N) is 1. The number of methoxy groups -OCH3 is 1. The minimum absolute atomic E-state index is 0.153. The third-order valence-corrected chi connectivity index (χ3v) is 7.94. The van der Waals surface area contributed by atoms with Gasteiger partial charge in [-0.25, -0.2) is 4.79 Å². The standard InChI is InChI=1S/C29H36N2O4/c1-19-15-27(34-2)25(24-11-13-30-28(19)24)17-31-14-12-23(35-18-20-5-3-4-6-20)16-26(31)21-7-9-22(10-8-21)29(32)33/h7-11,13,15,20,23,26,30H,3-6,12,14,16-18H2,1-2H3,(H,32,33)/t23-,26-/m0/s1. The molecule has 35 heavy (non-hydrogen) atoms. The van der Waals surface area contributed by atoms with Crippen LogP contribution < -0.4 is 4.74 Å². The Balaban J connectivity index is 1.41. The minimum atomic E-state index is -0.894. The summed E-state index contributed by atoms with van der Waals surface area (Å²) in [4.78, 5) is 17.3. The molecule has 2 aliphatic rings. The molecule has 186 valence electrons. The van der Waals surface area contributed by atoms with Gasteiger partial charge in [-0.3, -0.25) is 4.90 Å². The van der Waals surface area contributed by atoms with Crippen molar-refractivity contribution in [1.29, 1.82) is 0 Å². The van der Waals surface area contributed by atoms with Crippen LogP contribution in [0.2, 0.25) is 0 Å². The number of aromatic nitrogens is 1. The van der Waals surface area contributed by atoms with Crippen molar-refractivity contribution in [2.24, 2.45) is 5.92 Å². The van der Waals surface area contributed by atoms with E-state index in [1.807, 2.05) is 18.3 Å². The highest BCUT2D eigenvalue weighted by Gasteiger charge is 2.32. The van der Waals surface area contributed by atoms with Crippen molar-refractivity contribution in [3.8, 4) is 5.75 Å². The number of carbonyl (C=O) groups is 1. The first-order chi connectivity index (χ1) is 17.0. The maximum absolute atomic E-state index is 11.4. The summed E-state index contributed by atoms with van der Waals surface area (Å²) in [5.74, 6) is 0.725. The molecule has 5 rings (SSSR count). The van der Waals surface area contributed by atoms with Gasteiger partial charge in [0.15, 0.2) is 0 Å². The lowest BCUT2D eigenvalue weighted by molar-refractivity contribution is -0.0311. The van der Waals surface area contributed by atoms with E-state index in [-0.39, 0.29) is 12.1 Å². The van der Waals surface area contributed by atoms with Crippen molar-refractivity contribution in [3.05, 3.63) is 64.8 Å². The number of aromatic amines is 1. The number of rotatable bonds is 8. The second-order valence-electron chi connectivity index (χ2n) is 10.2. The molecule has 2 atom stereocenters. The zero-order chi connectivity index (χ0) is 24.4. The normalized spacial score (nSPS) is 21.5. The van der Waals surface area contributed by atoms with Crippen LogP contribution in [0.25, 0.3) is 10.9 Å². The van der Waals surface area contributed by atoms with Gasteiger partial charge >= 0.3 is 5.97 Å². The van der Waals surface area contributed by atoms with E-state index in [0.29, 0.717) is 11.5 Å². The number of fused-ring (bicyclic) bond motifs is 1. The maximum Gasteiger partial charge on any atom is 0.335 e. The first-order valence-electron chi connectivity index (χ1n) is 12.9. The van der Waals surface area contributed by atoms with Gasteiger partial charge < -0.3 is 19.6 Å². The van der Waals surface area contributed by atoms with Crippen molar-refractivity contribution in [3.63, 3.8) is 0 Å². The molecule has 0 spiro atoms. The lowest BCUT2D eigenvalue weighted by Gasteiger charge is -2.40. The molecule has 6 heteroatoms. The molecule has 2 N–H and O–H groups in total. The van der Waals surface area contributed by atoms with Gasteiger partial charge in [-0.05, 0) is 73.9 Å². The Morgan fingerprint density at radius 3 is 2.63 bits per heavy atom. The highest BCUT2D eigenvalue weighted by Crippen LogP contribution is 2.38. The van der Waals surface area contributed by atoms with E-state index in [1.165, 1.54) is 42.2 Å². The van der Waals surface area contributed by atoms with Crippen molar-refractivity contribution >= 4 is 16.9 Å². The molecule has 0 unspecified atom stereocenters. The van der Waals surface area contributed by atoms with E-state index < -0.39 is 5.97 Å². The van der Waals surface area contributed by atoms with Crippen LogP contribution in [0.5, 0.6) is 5.75 Å². The van der Waals surface area contributed by atoms with Crippen LogP contribution in [-0.2, 0) is 11.3 Å². The summed E-state index contributed by atoms with van der Waals surface area (Å²) < 4.78 is 12.3. The van der Waals surface area contributed by atoms with Crippen LogP contribution in [0.3, 0.4) is 0 Å². The Bertz CT molecular complexity index is 1160. The molecule has 2 aromatic carbocycles. The Morgan fingerprint density at radius 1 is 1.14 bits per heavy atom. The summed E-state index contributed by atoms with van der Waals surface area (Å²) in [5.41, 5.74) is 4.97. The van der Waals surface area contributed by atoms with E-state index in [9.17, 15) is 9.90 Å². The van der Waals surface area contributed by atoms with E-state index in [1.54, 1.807) is 19.2 Å². The van der Waals surface area contributed by atoms with E-state index >= 15 is 0 Å². The molecule has 3 aromatic rings. The van der Waals surface area contributed by atoms with Crippen LogP contribution >= 0.6 is 0 Å². The number of likely N-dealkylation sites (tertiary alicyclic amines) is 1. The molecular formula is C29H36N2O4. The number of ether oxygens (including phenoxy) is 2. The summed E-state index contributed by atoms with van der Waals surface area (Å²) in [6.07, 6.45) is 9.37. The fraction of sp³-hybridized carbons (Fsp3) is 0.483. The van der Waals surface area contributed by atoms with Crippen molar-refractivity contribution in [1.82, 2.24) is 9.88 Å². The lowest BCUT2D eigenvalue weighted by Crippen LogP contribution is -2.40. The molecule has 2 heterocycles. The molecule has 6 nitrogen and oxygen atoms in total. The Kier molecular flexibility index (Phi) is 7.12. The van der Waals surface area contributed by atoms with E-state index in [0.717, 1.165) is 49.4 Å². The van der Waals surface area contributed by atoms with Gasteiger partial charge in [0.2, 0.25) is 0 Å². The average Bonchev–Trinajstić information content (AvgIpc) is 3.58. The summed E-state index contributed by atoms with van der Waals surface area (Å²) in [5, 5.41) is 10.6. The van der Waals surface area contributed by atoms with Crippen LogP contribution in [0.1, 0.15) is 71.6 Å². The zero-order valence-electron chi connectivity index (χ0n) is 20.8. The smallest absolute Gasteiger partial charge is 0.335 e. The number of nitrogens with one attached hydrogen (secondary N) is 1. The number of aromatic carboxylic acids is 1. The monoisotopic (exact) mass is 476 g/mol. The number of carboxylic acid groups (broad SMARTS) is 1. The van der Waals surface area contributed by atoms with Gasteiger partial charge in [0.05, 0.1) is 18.8 Å². The Morgan fingerprint density at radius 2 is 1.91 bits per heavy atom. The summed E-state index contributed by atoms with van der Waals surface area (Å²) in [6, 6.07) is 11.8. The molecule has 1 saturated heterocycles. The van der Waals surface area contributed by atoms with Crippen LogP contribution in [0.4, 0.5) is 0 Å². The topological polar surface area (TPSA) is 74.8 Å². The number of piperidine rings is 1. The average molecular weight is 477 g/mol. The predicted molar refractivity (Wildman–Crippen MR) is 137 cm³/mol. The molecule has 0 radical (unpaired) electrons. The van der Waals surface area contributed by atoms with Crippen LogP contribution in [0, 0.1) is 12.8 Å². The highest BCUT2D eigenvalue weighted by atomic mass is 16.5. The van der Waals surface area contributed by atoms with Gasteiger partial charge in [-0.15, -0.1) is 0 Å². The Labute approximate surface area is 207 Å². The predicted octanol–water partition coefficient (Wildman–Crippen LogP) is 6.10. The van der Waals surface area contributed by atoms with E-state index in [4.69, 9.17) is 9.47 Å². The highest BCUT2D eigenvalue weighted by molar-refractivity contribution is 5.88. The number of hydrogen-bond donors (Lipinski definition) is 2. The molecule has 0 bridgehead atoms. The van der Waals surface area contributed by atoms with Gasteiger partial charge in [-0.2, -0.15) is 0 Å². The number of benzene rings is 2. The third-order valence-electron chi connectivity index (χ3n) is 7.94. The summed E-state index contributed by atoms with van der Waals surface area (Å²) in [6.45, 7) is 4.65. The first-order valence-corrected chi connectivity index (χ1v) is 12.9. The SMILES string of the molecule is COc1cc(C)c2[nH]ccc2c1CN1CC[C@H](OCC2CCCC2)C[C@H]1c1ccc(C(=O)O)cc1. The first kappa shape index (κ1) is 23.9. The third kappa shape index (κ3) is 5.09. The van der Waals surface area contributed by atoms with Crippen molar-refractivity contribution in [2.75, 3.05) is 20.3 Å². The molecule has 2 fully saturated rings. The van der Waals surface area contributed by atoms with Crippen LogP contribution in [0.15, 0.2) is 42.6 Å². The lowest BCUT2D eigenvalue weighted by atomic mass is 9.91. The number of carboxylic acids is 1. The van der Waals surface area contributed by atoms with Gasteiger partial charge in [-0.1, -0.05) is 25.0 Å². The minimum Gasteiger partial charge on any atom is -0.496 e. The van der Waals surface area contributed by atoms with Gasteiger partial charge in [0.25, 0.3) is 0 Å². The molecule has 1 aliphatic heterocycles. The fourth-order valence-electron chi connectivity index (χ4n) is 5.95. The second-order valence-corrected chi connectivity index (χ2v) is 10.2. The molecule has 1 aliphatic carbocycles. The van der Waals surface area contributed by atoms with Crippen molar-refractivity contribution in [2.45, 2.75) is 64.1 Å². The quantitative estimate of drug-likeness (QED) is 0.411. The van der Waals surface area contributed by atoms with Crippen LogP contribution in [-0.4, -0.2) is 47.3 Å². The maximum atomic E-state index is 11.4. The summed E-state index contributed by atoms with van der Waals surface area (Å²) in [7, 11) is 1.74. The van der Waals surface area contributed by atoms with E-state index in [2.05, 4.69) is 28.9 Å². The summed E-state index contributed by atoms with van der Waals surface area (Å²) >= 11 is 0. The number of H-pyrrole nitrogens is 1. The molecule has 1 saturated carbocycles. The van der Waals surface area contributed by atoms with Gasteiger partial charge in [0, 0.05) is 48.4 Å². The van der Waals surface area contributed by atoms with Gasteiger partial charge in [0.1, 0.15) is 5.75 Å². The fourth-order valence-corrected chi connectivity index (χ4v) is 5.95. The largest absolute Gasteiger partial charge is 0.496 e. The molecule has 0 amide bonds. The molecular weight excluding hydrogens is 440 g/mol. The second kappa shape index (κ2) is 10.4. The zero-order valence-corrected chi connectivity index (χ0v) is 20.8.